The minimum Gasteiger partial charge on any atom is -0.366 e. The fourth-order valence-corrected chi connectivity index (χ4v) is 1.69. The van der Waals surface area contributed by atoms with Gasteiger partial charge in [0.25, 0.3) is 0 Å². The highest BCUT2D eigenvalue weighted by atomic mass is 15.2. The van der Waals surface area contributed by atoms with Gasteiger partial charge < -0.3 is 5.73 Å². The number of nitrogen functional groups attached to an aromatic ring is 1. The van der Waals surface area contributed by atoms with E-state index in [0.717, 1.165) is 21.8 Å². The molecule has 0 amide bonds. The number of rotatable bonds is 0. The molecule has 0 aliphatic carbocycles. The second-order valence-corrected chi connectivity index (χ2v) is 3.32. The van der Waals surface area contributed by atoms with Gasteiger partial charge in [0, 0.05) is 5.39 Å². The molecule has 2 N–H and O–H groups in total. The van der Waals surface area contributed by atoms with Gasteiger partial charge in [0.2, 0.25) is 5.95 Å². The van der Waals surface area contributed by atoms with Gasteiger partial charge in [-0.2, -0.15) is 0 Å². The fraction of sp³-hybridized carbons (Fsp3) is 0. The van der Waals surface area contributed by atoms with Crippen LogP contribution < -0.4 is 5.73 Å². The average molecular weight is 196 g/mol. The number of nitrogens with two attached hydrogens (primary N) is 1. The van der Waals surface area contributed by atoms with E-state index < -0.39 is 0 Å². The summed E-state index contributed by atoms with van der Waals surface area (Å²) in [7, 11) is 0. The van der Waals surface area contributed by atoms with Crippen molar-refractivity contribution in [2.75, 3.05) is 5.73 Å². The Bertz CT molecular complexity index is 648. The van der Waals surface area contributed by atoms with Crippen LogP contribution in [0.3, 0.4) is 0 Å². The van der Waals surface area contributed by atoms with E-state index in [-0.39, 0.29) is 5.95 Å². The second kappa shape index (κ2) is 2.88. The van der Waals surface area contributed by atoms with Crippen LogP contribution in [0.5, 0.6) is 0 Å². The third-order valence-electron chi connectivity index (χ3n) is 2.37. The van der Waals surface area contributed by atoms with Crippen LogP contribution >= 0.6 is 0 Å². The van der Waals surface area contributed by atoms with Gasteiger partial charge in [0.15, 0.2) is 0 Å². The summed E-state index contributed by atoms with van der Waals surface area (Å²) >= 11 is 0. The highest BCUT2D eigenvalue weighted by molar-refractivity contribution is 6.03. The van der Waals surface area contributed by atoms with Gasteiger partial charge in [-0.25, -0.2) is 4.98 Å². The van der Waals surface area contributed by atoms with E-state index in [2.05, 4.69) is 15.2 Å². The summed E-state index contributed by atoms with van der Waals surface area (Å²) in [6.07, 6.45) is 0. The quantitative estimate of drug-likeness (QED) is 0.556. The lowest BCUT2D eigenvalue weighted by atomic mass is 10.1. The molecule has 0 saturated heterocycles. The molecule has 0 aliphatic rings. The van der Waals surface area contributed by atoms with E-state index in [9.17, 15) is 0 Å². The maximum absolute atomic E-state index is 5.48. The molecule has 4 heteroatoms. The molecule has 72 valence electrons. The Kier molecular flexibility index (Phi) is 1.56. The molecule has 1 heterocycles. The van der Waals surface area contributed by atoms with Crippen molar-refractivity contribution in [1.82, 2.24) is 15.2 Å². The summed E-state index contributed by atoms with van der Waals surface area (Å²) in [6.45, 7) is 0. The van der Waals surface area contributed by atoms with Crippen LogP contribution in [0.2, 0.25) is 0 Å². The predicted molar refractivity (Wildman–Crippen MR) is 59.3 cm³/mol. The number of nitrogens with zero attached hydrogens (tertiary/aromatic N) is 3. The van der Waals surface area contributed by atoms with Crippen LogP contribution in [0.15, 0.2) is 36.4 Å². The van der Waals surface area contributed by atoms with Crippen LogP contribution in [0.4, 0.5) is 5.95 Å². The van der Waals surface area contributed by atoms with E-state index in [1.165, 1.54) is 0 Å². The van der Waals surface area contributed by atoms with E-state index in [4.69, 9.17) is 5.73 Å². The molecule has 0 bridgehead atoms. The highest BCUT2D eigenvalue weighted by Crippen LogP contribution is 2.21. The van der Waals surface area contributed by atoms with Crippen molar-refractivity contribution in [3.8, 4) is 0 Å². The van der Waals surface area contributed by atoms with Crippen molar-refractivity contribution in [2.24, 2.45) is 0 Å². The molecule has 0 fully saturated rings. The predicted octanol–water partition coefficient (Wildman–Crippen LogP) is 1.76. The zero-order valence-electron chi connectivity index (χ0n) is 7.88. The summed E-state index contributed by atoms with van der Waals surface area (Å²) in [6, 6.07) is 11.9. The monoisotopic (exact) mass is 196 g/mol. The fourth-order valence-electron chi connectivity index (χ4n) is 1.69. The number of hydrogen-bond donors (Lipinski definition) is 1. The van der Waals surface area contributed by atoms with Crippen molar-refractivity contribution < 1.29 is 0 Å². The minimum absolute atomic E-state index is 0.206. The standard InChI is InChI=1S/C11H8N4/c12-11-13-9-6-5-7-3-1-2-4-8(7)10(9)14-15-11/h1-6H,(H2,12,13,15). The Hall–Kier alpha value is -2.23. The van der Waals surface area contributed by atoms with Crippen molar-refractivity contribution >= 4 is 27.8 Å². The first-order valence-electron chi connectivity index (χ1n) is 4.62. The Morgan fingerprint density at radius 3 is 2.73 bits per heavy atom. The summed E-state index contributed by atoms with van der Waals surface area (Å²) in [4.78, 5) is 4.13. The highest BCUT2D eigenvalue weighted by Gasteiger charge is 2.02. The maximum Gasteiger partial charge on any atom is 0.240 e. The number of hydrogen-bond acceptors (Lipinski definition) is 4. The Balaban J connectivity index is 2.55. The molecular formula is C11H8N4. The minimum atomic E-state index is 0.206. The Morgan fingerprint density at radius 2 is 1.80 bits per heavy atom. The Morgan fingerprint density at radius 1 is 0.933 bits per heavy atom. The van der Waals surface area contributed by atoms with Gasteiger partial charge in [-0.15, -0.1) is 10.2 Å². The number of fused-ring (bicyclic) bond motifs is 3. The molecule has 0 saturated carbocycles. The first-order chi connectivity index (χ1) is 7.34. The van der Waals surface area contributed by atoms with E-state index in [1.807, 2.05) is 36.4 Å². The molecule has 15 heavy (non-hydrogen) atoms. The van der Waals surface area contributed by atoms with E-state index in [0.29, 0.717) is 0 Å². The molecule has 2 aromatic carbocycles. The molecule has 1 aromatic heterocycles. The summed E-state index contributed by atoms with van der Waals surface area (Å²) in [5, 5.41) is 10.0. The normalized spacial score (nSPS) is 10.9. The first-order valence-corrected chi connectivity index (χ1v) is 4.62. The van der Waals surface area contributed by atoms with E-state index in [1.54, 1.807) is 0 Å². The zero-order valence-corrected chi connectivity index (χ0v) is 7.88. The molecule has 3 aromatic rings. The molecule has 0 aliphatic heterocycles. The van der Waals surface area contributed by atoms with Crippen molar-refractivity contribution in [3.05, 3.63) is 36.4 Å². The van der Waals surface area contributed by atoms with Gasteiger partial charge in [-0.1, -0.05) is 30.3 Å². The van der Waals surface area contributed by atoms with Crippen LogP contribution in [-0.4, -0.2) is 15.2 Å². The lowest BCUT2D eigenvalue weighted by Gasteiger charge is -2.01. The largest absolute Gasteiger partial charge is 0.366 e. The summed E-state index contributed by atoms with van der Waals surface area (Å²) in [5.41, 5.74) is 7.06. The van der Waals surface area contributed by atoms with Crippen LogP contribution in [0.25, 0.3) is 21.8 Å². The maximum atomic E-state index is 5.48. The van der Waals surface area contributed by atoms with Gasteiger partial charge in [-0.3, -0.25) is 0 Å². The smallest absolute Gasteiger partial charge is 0.240 e. The molecular weight excluding hydrogens is 188 g/mol. The average Bonchev–Trinajstić information content (AvgIpc) is 2.28. The third kappa shape index (κ3) is 1.19. The van der Waals surface area contributed by atoms with Gasteiger partial charge in [-0.05, 0) is 11.5 Å². The lowest BCUT2D eigenvalue weighted by molar-refractivity contribution is 1.04. The van der Waals surface area contributed by atoms with Gasteiger partial charge >= 0.3 is 0 Å². The van der Waals surface area contributed by atoms with Gasteiger partial charge in [0.1, 0.15) is 5.52 Å². The van der Waals surface area contributed by atoms with Crippen molar-refractivity contribution in [3.63, 3.8) is 0 Å². The molecule has 0 atom stereocenters. The molecule has 0 unspecified atom stereocenters. The summed E-state index contributed by atoms with van der Waals surface area (Å²) < 4.78 is 0. The number of aromatic nitrogens is 3. The molecule has 0 spiro atoms. The molecule has 3 rings (SSSR count). The third-order valence-corrected chi connectivity index (χ3v) is 2.37. The number of benzene rings is 2. The van der Waals surface area contributed by atoms with Crippen molar-refractivity contribution in [1.29, 1.82) is 0 Å². The second-order valence-electron chi connectivity index (χ2n) is 3.32. The lowest BCUT2D eigenvalue weighted by Crippen LogP contribution is -1.97. The zero-order chi connectivity index (χ0) is 10.3. The van der Waals surface area contributed by atoms with Crippen LogP contribution in [0, 0.1) is 0 Å². The van der Waals surface area contributed by atoms with Gasteiger partial charge in [0.05, 0.1) is 5.52 Å². The molecule has 0 radical (unpaired) electrons. The van der Waals surface area contributed by atoms with Crippen LogP contribution in [-0.2, 0) is 0 Å². The SMILES string of the molecule is Nc1nnc2c(ccc3ccccc32)n1. The Labute approximate surface area is 85.8 Å². The van der Waals surface area contributed by atoms with E-state index >= 15 is 0 Å². The first kappa shape index (κ1) is 8.11. The topological polar surface area (TPSA) is 64.7 Å². The number of anilines is 1. The molecule has 4 nitrogen and oxygen atoms in total. The van der Waals surface area contributed by atoms with Crippen LogP contribution in [0.1, 0.15) is 0 Å². The van der Waals surface area contributed by atoms with Crippen molar-refractivity contribution in [2.45, 2.75) is 0 Å². The summed E-state index contributed by atoms with van der Waals surface area (Å²) in [5.74, 6) is 0.206.